The summed E-state index contributed by atoms with van der Waals surface area (Å²) in [6.45, 7) is 4.57. The van der Waals surface area contributed by atoms with E-state index in [1.807, 2.05) is 6.07 Å². The second-order valence-corrected chi connectivity index (χ2v) is 6.22. The Morgan fingerprint density at radius 3 is 2.54 bits per heavy atom. The standard InChI is InChI=1S/C19H21N3O4/c1-15-5-4-6-16(13-15)20-9-11-21(12-10-20)19(23)14-26-18-8-3-2-7-17(18)22(24)25/h2-8,13H,9-12,14H2,1H3. The van der Waals surface area contributed by atoms with E-state index >= 15 is 0 Å². The fourth-order valence-electron chi connectivity index (χ4n) is 3.00. The highest BCUT2D eigenvalue weighted by Crippen LogP contribution is 2.25. The van der Waals surface area contributed by atoms with Crippen LogP contribution in [0, 0.1) is 17.0 Å². The van der Waals surface area contributed by atoms with Gasteiger partial charge in [-0.2, -0.15) is 0 Å². The van der Waals surface area contributed by atoms with E-state index in [1.54, 1.807) is 17.0 Å². The van der Waals surface area contributed by atoms with E-state index in [2.05, 4.69) is 30.0 Å². The minimum absolute atomic E-state index is 0.115. The number of hydrogen-bond acceptors (Lipinski definition) is 5. The van der Waals surface area contributed by atoms with E-state index in [9.17, 15) is 14.9 Å². The van der Waals surface area contributed by atoms with E-state index < -0.39 is 4.92 Å². The van der Waals surface area contributed by atoms with Crippen LogP contribution in [0.4, 0.5) is 11.4 Å². The molecule has 0 saturated carbocycles. The molecule has 3 rings (SSSR count). The van der Waals surface area contributed by atoms with Crippen molar-refractivity contribution in [2.24, 2.45) is 0 Å². The summed E-state index contributed by atoms with van der Waals surface area (Å²) in [4.78, 5) is 26.8. The summed E-state index contributed by atoms with van der Waals surface area (Å²) < 4.78 is 5.39. The Hall–Kier alpha value is -3.09. The van der Waals surface area contributed by atoms with E-state index in [0.717, 1.165) is 18.8 Å². The number of amides is 1. The van der Waals surface area contributed by atoms with Crippen molar-refractivity contribution in [3.63, 3.8) is 0 Å². The van der Waals surface area contributed by atoms with Crippen LogP contribution in [-0.2, 0) is 4.79 Å². The normalized spacial score (nSPS) is 14.2. The van der Waals surface area contributed by atoms with Gasteiger partial charge in [0.05, 0.1) is 4.92 Å². The lowest BCUT2D eigenvalue weighted by atomic mass is 10.2. The zero-order chi connectivity index (χ0) is 18.5. The molecule has 0 N–H and O–H groups in total. The van der Waals surface area contributed by atoms with E-state index in [-0.39, 0.29) is 24.0 Å². The number of anilines is 1. The van der Waals surface area contributed by atoms with Crippen molar-refractivity contribution < 1.29 is 14.5 Å². The molecule has 0 radical (unpaired) electrons. The van der Waals surface area contributed by atoms with Crippen LogP contribution in [-0.4, -0.2) is 48.5 Å². The molecule has 1 heterocycles. The lowest BCUT2D eigenvalue weighted by Crippen LogP contribution is -2.50. The fraction of sp³-hybridized carbons (Fsp3) is 0.316. The second-order valence-electron chi connectivity index (χ2n) is 6.22. The Morgan fingerprint density at radius 1 is 1.12 bits per heavy atom. The van der Waals surface area contributed by atoms with Gasteiger partial charge in [0.2, 0.25) is 0 Å². The molecule has 2 aromatic carbocycles. The predicted octanol–water partition coefficient (Wildman–Crippen LogP) is 2.63. The van der Waals surface area contributed by atoms with Crippen molar-refractivity contribution >= 4 is 17.3 Å². The number of carbonyl (C=O) groups is 1. The largest absolute Gasteiger partial charge is 0.477 e. The molecule has 136 valence electrons. The molecule has 1 fully saturated rings. The van der Waals surface area contributed by atoms with Gasteiger partial charge in [-0.05, 0) is 30.7 Å². The van der Waals surface area contributed by atoms with Crippen LogP contribution in [0.2, 0.25) is 0 Å². The van der Waals surface area contributed by atoms with Crippen LogP contribution in [0.3, 0.4) is 0 Å². The first kappa shape index (κ1) is 17.7. The van der Waals surface area contributed by atoms with Gasteiger partial charge < -0.3 is 14.5 Å². The molecule has 1 aliphatic rings. The quantitative estimate of drug-likeness (QED) is 0.609. The smallest absolute Gasteiger partial charge is 0.310 e. The molecule has 1 saturated heterocycles. The van der Waals surface area contributed by atoms with Gasteiger partial charge in [0.25, 0.3) is 5.91 Å². The number of hydrogen-bond donors (Lipinski definition) is 0. The first-order chi connectivity index (χ1) is 12.5. The summed E-state index contributed by atoms with van der Waals surface area (Å²) in [5.74, 6) is -0.0451. The zero-order valence-corrected chi connectivity index (χ0v) is 14.6. The number of nitrogens with zero attached hydrogens (tertiary/aromatic N) is 3. The molecular formula is C19H21N3O4. The van der Waals surface area contributed by atoms with Crippen molar-refractivity contribution in [3.05, 3.63) is 64.2 Å². The van der Waals surface area contributed by atoms with Gasteiger partial charge in [-0.15, -0.1) is 0 Å². The minimum atomic E-state index is -0.513. The number of ether oxygens (including phenoxy) is 1. The van der Waals surface area contributed by atoms with Gasteiger partial charge in [0.1, 0.15) is 0 Å². The number of nitro groups is 1. The Morgan fingerprint density at radius 2 is 1.85 bits per heavy atom. The molecule has 0 aliphatic carbocycles. The van der Waals surface area contributed by atoms with Crippen LogP contribution in [0.5, 0.6) is 5.75 Å². The zero-order valence-electron chi connectivity index (χ0n) is 14.6. The monoisotopic (exact) mass is 355 g/mol. The van der Waals surface area contributed by atoms with Gasteiger partial charge in [-0.3, -0.25) is 14.9 Å². The van der Waals surface area contributed by atoms with Crippen molar-refractivity contribution in [2.75, 3.05) is 37.7 Å². The Bertz CT molecular complexity index is 801. The van der Waals surface area contributed by atoms with Gasteiger partial charge in [-0.1, -0.05) is 24.3 Å². The third-order valence-electron chi connectivity index (χ3n) is 4.41. The number of para-hydroxylation sites is 2. The molecule has 7 heteroatoms. The summed E-state index contributed by atoms with van der Waals surface area (Å²) in [7, 11) is 0. The van der Waals surface area contributed by atoms with E-state index in [4.69, 9.17) is 4.74 Å². The summed E-state index contributed by atoms with van der Waals surface area (Å²) in [5, 5.41) is 11.0. The molecule has 0 unspecified atom stereocenters. The maximum atomic E-state index is 12.4. The Labute approximate surface area is 151 Å². The third kappa shape index (κ3) is 4.11. The topological polar surface area (TPSA) is 75.9 Å². The average molecular weight is 355 g/mol. The SMILES string of the molecule is Cc1cccc(N2CCN(C(=O)COc3ccccc3[N+](=O)[O-])CC2)c1. The lowest BCUT2D eigenvalue weighted by Gasteiger charge is -2.36. The summed E-state index contributed by atoms with van der Waals surface area (Å²) >= 11 is 0. The average Bonchev–Trinajstić information content (AvgIpc) is 2.66. The van der Waals surface area contributed by atoms with E-state index in [1.165, 1.54) is 17.7 Å². The third-order valence-corrected chi connectivity index (χ3v) is 4.41. The van der Waals surface area contributed by atoms with Gasteiger partial charge in [-0.25, -0.2) is 0 Å². The van der Waals surface area contributed by atoms with Gasteiger partial charge in [0, 0.05) is 37.9 Å². The lowest BCUT2D eigenvalue weighted by molar-refractivity contribution is -0.385. The van der Waals surface area contributed by atoms with Crippen LogP contribution < -0.4 is 9.64 Å². The predicted molar refractivity (Wildman–Crippen MR) is 98.6 cm³/mol. The van der Waals surface area contributed by atoms with Crippen LogP contribution in [0.1, 0.15) is 5.56 Å². The summed E-state index contributed by atoms with van der Waals surface area (Å²) in [5.41, 5.74) is 2.23. The molecule has 0 bridgehead atoms. The van der Waals surface area contributed by atoms with Crippen molar-refractivity contribution in [1.82, 2.24) is 4.90 Å². The van der Waals surface area contributed by atoms with E-state index in [0.29, 0.717) is 13.1 Å². The van der Waals surface area contributed by atoms with Crippen molar-refractivity contribution in [2.45, 2.75) is 6.92 Å². The molecule has 7 nitrogen and oxygen atoms in total. The summed E-state index contributed by atoms with van der Waals surface area (Å²) in [6, 6.07) is 14.4. The number of rotatable bonds is 5. The van der Waals surface area contributed by atoms with Crippen molar-refractivity contribution in [3.8, 4) is 5.75 Å². The number of nitro benzene ring substituents is 1. The number of carbonyl (C=O) groups excluding carboxylic acids is 1. The Balaban J connectivity index is 1.54. The maximum Gasteiger partial charge on any atom is 0.310 e. The first-order valence-electron chi connectivity index (χ1n) is 8.50. The van der Waals surface area contributed by atoms with Crippen LogP contribution in [0.25, 0.3) is 0 Å². The molecule has 1 aliphatic heterocycles. The maximum absolute atomic E-state index is 12.4. The highest BCUT2D eigenvalue weighted by molar-refractivity contribution is 5.78. The van der Waals surface area contributed by atoms with Gasteiger partial charge in [0.15, 0.2) is 12.4 Å². The number of piperazine rings is 1. The van der Waals surface area contributed by atoms with Gasteiger partial charge >= 0.3 is 5.69 Å². The number of aryl methyl sites for hydroxylation is 1. The highest BCUT2D eigenvalue weighted by Gasteiger charge is 2.23. The first-order valence-corrected chi connectivity index (χ1v) is 8.50. The summed E-state index contributed by atoms with van der Waals surface area (Å²) in [6.07, 6.45) is 0. The molecule has 0 aromatic heterocycles. The molecule has 1 amide bonds. The molecule has 0 spiro atoms. The molecular weight excluding hydrogens is 334 g/mol. The highest BCUT2D eigenvalue weighted by atomic mass is 16.6. The Kier molecular flexibility index (Phi) is 5.36. The molecule has 26 heavy (non-hydrogen) atoms. The second kappa shape index (κ2) is 7.86. The minimum Gasteiger partial charge on any atom is -0.477 e. The van der Waals surface area contributed by atoms with Crippen molar-refractivity contribution in [1.29, 1.82) is 0 Å². The molecule has 0 atom stereocenters. The number of benzene rings is 2. The van der Waals surface area contributed by atoms with Crippen LogP contribution >= 0.6 is 0 Å². The van der Waals surface area contributed by atoms with Crippen LogP contribution in [0.15, 0.2) is 48.5 Å². The molecule has 2 aromatic rings. The fourth-order valence-corrected chi connectivity index (χ4v) is 3.00.